The minimum Gasteiger partial charge on any atom is -0.481 e. The Balaban J connectivity index is 2.64. The van der Waals surface area contributed by atoms with E-state index in [9.17, 15) is 14.4 Å². The molecule has 1 rings (SSSR count). The van der Waals surface area contributed by atoms with Crippen molar-refractivity contribution in [2.75, 3.05) is 6.54 Å². The number of carboxylic acid groups (broad SMARTS) is 2. The van der Waals surface area contributed by atoms with Gasteiger partial charge in [-0.2, -0.15) is 0 Å². The molecule has 3 N–H and O–H groups in total. The Morgan fingerprint density at radius 2 is 2.00 bits per heavy atom. The summed E-state index contributed by atoms with van der Waals surface area (Å²) in [6, 6.07) is -1.77. The number of carbonyl (C=O) groups is 3. The van der Waals surface area contributed by atoms with Crippen molar-refractivity contribution >= 4 is 18.0 Å². The number of nitrogens with zero attached hydrogens (tertiary/aromatic N) is 1. The summed E-state index contributed by atoms with van der Waals surface area (Å²) in [7, 11) is 0. The van der Waals surface area contributed by atoms with E-state index in [1.807, 2.05) is 6.92 Å². The Hall–Kier alpha value is -1.79. The van der Waals surface area contributed by atoms with Crippen LogP contribution in [0.2, 0.25) is 0 Å². The van der Waals surface area contributed by atoms with Crippen molar-refractivity contribution in [1.29, 1.82) is 0 Å². The second-order valence-electron chi connectivity index (χ2n) is 4.69. The van der Waals surface area contributed by atoms with Crippen LogP contribution in [0.3, 0.4) is 0 Å². The van der Waals surface area contributed by atoms with Crippen molar-refractivity contribution in [3.63, 3.8) is 0 Å². The highest BCUT2D eigenvalue weighted by Crippen LogP contribution is 2.19. The lowest BCUT2D eigenvalue weighted by Gasteiger charge is -2.35. The third-order valence-electron chi connectivity index (χ3n) is 3.33. The molecule has 0 saturated carbocycles. The predicted octanol–water partition coefficient (Wildman–Crippen LogP) is 0.888. The van der Waals surface area contributed by atoms with Crippen LogP contribution in [0, 0.1) is 0 Å². The fourth-order valence-corrected chi connectivity index (χ4v) is 2.30. The Morgan fingerprint density at radius 3 is 2.53 bits per heavy atom. The zero-order valence-corrected chi connectivity index (χ0v) is 11.0. The van der Waals surface area contributed by atoms with Gasteiger partial charge in [-0.3, -0.25) is 4.79 Å². The molecule has 0 bridgehead atoms. The van der Waals surface area contributed by atoms with Crippen LogP contribution in [0.5, 0.6) is 0 Å². The minimum atomic E-state index is -1.38. The first-order valence-corrected chi connectivity index (χ1v) is 6.47. The van der Waals surface area contributed by atoms with Gasteiger partial charge in [0.05, 0.1) is 6.42 Å². The van der Waals surface area contributed by atoms with Crippen LogP contribution in [0.1, 0.15) is 39.0 Å². The van der Waals surface area contributed by atoms with Gasteiger partial charge in [0.2, 0.25) is 0 Å². The molecule has 0 spiro atoms. The summed E-state index contributed by atoms with van der Waals surface area (Å²) >= 11 is 0. The quantitative estimate of drug-likeness (QED) is 0.689. The summed E-state index contributed by atoms with van der Waals surface area (Å²) in [5.74, 6) is -2.58. The molecule has 1 heterocycles. The van der Waals surface area contributed by atoms with E-state index >= 15 is 0 Å². The molecular formula is C12H20N2O5. The number of piperidine rings is 1. The van der Waals surface area contributed by atoms with E-state index in [0.717, 1.165) is 25.7 Å². The molecule has 1 unspecified atom stereocenters. The largest absolute Gasteiger partial charge is 0.481 e. The van der Waals surface area contributed by atoms with Gasteiger partial charge in [0.25, 0.3) is 0 Å². The topological polar surface area (TPSA) is 107 Å². The van der Waals surface area contributed by atoms with Crippen molar-refractivity contribution in [2.45, 2.75) is 51.1 Å². The van der Waals surface area contributed by atoms with Crippen LogP contribution >= 0.6 is 0 Å². The first kappa shape index (κ1) is 15.3. The Morgan fingerprint density at radius 1 is 1.32 bits per heavy atom. The molecule has 0 aromatic carbocycles. The smallest absolute Gasteiger partial charge is 0.326 e. The van der Waals surface area contributed by atoms with Crippen LogP contribution in [-0.4, -0.2) is 51.7 Å². The average molecular weight is 272 g/mol. The van der Waals surface area contributed by atoms with Gasteiger partial charge in [0, 0.05) is 12.6 Å². The number of nitrogens with one attached hydrogen (secondary N) is 1. The maximum Gasteiger partial charge on any atom is 0.326 e. The van der Waals surface area contributed by atoms with Crippen molar-refractivity contribution in [2.24, 2.45) is 0 Å². The first-order chi connectivity index (χ1) is 8.95. The number of rotatable bonds is 5. The van der Waals surface area contributed by atoms with Crippen LogP contribution in [-0.2, 0) is 9.59 Å². The summed E-state index contributed by atoms with van der Waals surface area (Å²) in [4.78, 5) is 35.1. The number of amides is 2. The summed E-state index contributed by atoms with van der Waals surface area (Å²) in [5.41, 5.74) is 0. The third kappa shape index (κ3) is 4.42. The number of hydrogen-bond acceptors (Lipinski definition) is 3. The Labute approximate surface area is 111 Å². The third-order valence-corrected chi connectivity index (χ3v) is 3.33. The Kier molecular flexibility index (Phi) is 5.59. The van der Waals surface area contributed by atoms with Gasteiger partial charge in [0.1, 0.15) is 6.04 Å². The molecule has 1 aliphatic heterocycles. The van der Waals surface area contributed by atoms with Crippen LogP contribution in [0.4, 0.5) is 4.79 Å². The van der Waals surface area contributed by atoms with Crippen molar-refractivity contribution < 1.29 is 24.6 Å². The zero-order chi connectivity index (χ0) is 14.4. The van der Waals surface area contributed by atoms with E-state index in [0.29, 0.717) is 6.54 Å². The monoisotopic (exact) mass is 272 g/mol. The molecule has 0 aromatic rings. The summed E-state index contributed by atoms with van der Waals surface area (Å²) in [6.45, 7) is 2.56. The summed E-state index contributed by atoms with van der Waals surface area (Å²) < 4.78 is 0. The van der Waals surface area contributed by atoms with E-state index in [-0.39, 0.29) is 6.04 Å². The average Bonchev–Trinajstić information content (AvgIpc) is 2.37. The second-order valence-corrected chi connectivity index (χ2v) is 4.69. The number of carbonyl (C=O) groups excluding carboxylic acids is 1. The molecule has 0 aliphatic carbocycles. The van der Waals surface area contributed by atoms with Crippen molar-refractivity contribution in [1.82, 2.24) is 10.2 Å². The number of carboxylic acids is 2. The lowest BCUT2D eigenvalue weighted by atomic mass is 10.0. The maximum absolute atomic E-state index is 12.0. The molecule has 19 heavy (non-hydrogen) atoms. The van der Waals surface area contributed by atoms with Gasteiger partial charge < -0.3 is 20.4 Å². The summed E-state index contributed by atoms with van der Waals surface area (Å²) in [6.07, 6.45) is 3.04. The zero-order valence-electron chi connectivity index (χ0n) is 11.0. The van der Waals surface area contributed by atoms with Gasteiger partial charge in [-0.15, -0.1) is 0 Å². The van der Waals surface area contributed by atoms with E-state index in [1.165, 1.54) is 0 Å². The van der Waals surface area contributed by atoms with E-state index in [1.54, 1.807) is 4.90 Å². The predicted molar refractivity (Wildman–Crippen MR) is 66.8 cm³/mol. The molecular weight excluding hydrogens is 252 g/mol. The highest BCUT2D eigenvalue weighted by atomic mass is 16.4. The highest BCUT2D eigenvalue weighted by Gasteiger charge is 2.29. The molecule has 1 aliphatic rings. The number of aliphatic carboxylic acids is 2. The van der Waals surface area contributed by atoms with Crippen LogP contribution in [0.15, 0.2) is 0 Å². The van der Waals surface area contributed by atoms with Crippen LogP contribution in [0.25, 0.3) is 0 Å². The molecule has 1 fully saturated rings. The molecule has 2 amide bonds. The summed E-state index contributed by atoms with van der Waals surface area (Å²) in [5, 5.41) is 19.8. The van der Waals surface area contributed by atoms with Crippen molar-refractivity contribution in [3.05, 3.63) is 0 Å². The number of urea groups is 1. The van der Waals surface area contributed by atoms with Gasteiger partial charge in [-0.25, -0.2) is 9.59 Å². The standard InChI is InChI=1S/C12H20N2O5/c1-2-8-5-3-4-6-14(8)12(19)13-9(11(17)18)7-10(15)16/h8-9H,2-7H2,1H3,(H,13,19)(H,15,16)(H,17,18)/t8?,9-/m0/s1. The van der Waals surface area contributed by atoms with E-state index in [4.69, 9.17) is 10.2 Å². The lowest BCUT2D eigenvalue weighted by Crippen LogP contribution is -2.53. The van der Waals surface area contributed by atoms with Gasteiger partial charge in [-0.05, 0) is 25.7 Å². The maximum atomic E-state index is 12.0. The van der Waals surface area contributed by atoms with Gasteiger partial charge in [-0.1, -0.05) is 6.92 Å². The lowest BCUT2D eigenvalue weighted by molar-refractivity contribution is -0.145. The van der Waals surface area contributed by atoms with Gasteiger partial charge in [0.15, 0.2) is 0 Å². The molecule has 7 heteroatoms. The molecule has 2 atom stereocenters. The molecule has 108 valence electrons. The van der Waals surface area contributed by atoms with Crippen molar-refractivity contribution in [3.8, 4) is 0 Å². The second kappa shape index (κ2) is 6.96. The first-order valence-electron chi connectivity index (χ1n) is 6.47. The fourth-order valence-electron chi connectivity index (χ4n) is 2.30. The minimum absolute atomic E-state index is 0.105. The van der Waals surface area contributed by atoms with E-state index < -0.39 is 30.4 Å². The molecule has 0 aromatic heterocycles. The highest BCUT2D eigenvalue weighted by molar-refractivity contribution is 5.86. The number of hydrogen-bond donors (Lipinski definition) is 3. The SMILES string of the molecule is CCC1CCCCN1C(=O)N[C@@H](CC(=O)O)C(=O)O. The number of likely N-dealkylation sites (tertiary alicyclic amines) is 1. The Bertz CT molecular complexity index is 358. The molecule has 0 radical (unpaired) electrons. The fraction of sp³-hybridized carbons (Fsp3) is 0.750. The van der Waals surface area contributed by atoms with E-state index in [2.05, 4.69) is 5.32 Å². The molecule has 1 saturated heterocycles. The normalized spacial score (nSPS) is 20.7. The molecule has 7 nitrogen and oxygen atoms in total. The van der Waals surface area contributed by atoms with Crippen LogP contribution < -0.4 is 5.32 Å². The van der Waals surface area contributed by atoms with Gasteiger partial charge >= 0.3 is 18.0 Å².